The number of imidazole rings is 1. The molecule has 25 heavy (non-hydrogen) atoms. The van der Waals surface area contributed by atoms with E-state index >= 15 is 0 Å². The molecule has 0 spiro atoms. The number of likely N-dealkylation sites (tertiary alicyclic amines) is 1. The molecule has 4 heterocycles. The van der Waals surface area contributed by atoms with E-state index in [1.165, 1.54) is 25.7 Å². The van der Waals surface area contributed by atoms with Crippen molar-refractivity contribution in [2.45, 2.75) is 44.6 Å². The highest BCUT2D eigenvalue weighted by atomic mass is 16.5. The van der Waals surface area contributed by atoms with Gasteiger partial charge in [0.25, 0.3) is 0 Å². The largest absolute Gasteiger partial charge is 0.381 e. The average Bonchev–Trinajstić information content (AvgIpc) is 3.02. The van der Waals surface area contributed by atoms with E-state index in [2.05, 4.69) is 19.4 Å². The first-order valence-electron chi connectivity index (χ1n) is 9.35. The second-order valence-electron chi connectivity index (χ2n) is 7.23. The Morgan fingerprint density at radius 3 is 2.48 bits per heavy atom. The third-order valence-corrected chi connectivity index (χ3v) is 5.79. The minimum Gasteiger partial charge on any atom is -0.381 e. The number of hydrogen-bond acceptors (Lipinski definition) is 5. The van der Waals surface area contributed by atoms with Crippen LogP contribution in [0.15, 0.2) is 18.6 Å². The number of nitrogens with zero attached hydrogens (tertiary/aromatic N) is 5. The van der Waals surface area contributed by atoms with Crippen molar-refractivity contribution in [3.05, 3.63) is 30.1 Å². The number of aryl methyl sites for hydroxylation is 1. The molecule has 2 aromatic rings. The standard InChI is InChI=1S/C19H27N5O/c1-14-21-13-19(23(14)2)18-12-20-11-17(22-18)15-3-7-24(8-4-15)16-5-9-25-10-6-16/h11-13,15-16H,3-10H2,1-2H3. The van der Waals surface area contributed by atoms with Crippen molar-refractivity contribution >= 4 is 0 Å². The molecule has 6 heteroatoms. The fourth-order valence-corrected chi connectivity index (χ4v) is 4.05. The van der Waals surface area contributed by atoms with Gasteiger partial charge in [-0.05, 0) is 45.7 Å². The van der Waals surface area contributed by atoms with Crippen molar-refractivity contribution in [3.63, 3.8) is 0 Å². The van der Waals surface area contributed by atoms with Gasteiger partial charge in [0.15, 0.2) is 0 Å². The fourth-order valence-electron chi connectivity index (χ4n) is 4.05. The van der Waals surface area contributed by atoms with E-state index in [-0.39, 0.29) is 0 Å². The summed E-state index contributed by atoms with van der Waals surface area (Å²) in [5.41, 5.74) is 3.09. The third-order valence-electron chi connectivity index (χ3n) is 5.79. The summed E-state index contributed by atoms with van der Waals surface area (Å²) in [5, 5.41) is 0. The van der Waals surface area contributed by atoms with E-state index in [1.807, 2.05) is 32.6 Å². The number of aromatic nitrogens is 4. The molecule has 2 saturated heterocycles. The molecule has 0 N–H and O–H groups in total. The first kappa shape index (κ1) is 16.7. The molecule has 2 aliphatic rings. The van der Waals surface area contributed by atoms with Crippen LogP contribution in [0.4, 0.5) is 0 Å². The average molecular weight is 341 g/mol. The van der Waals surface area contributed by atoms with Crippen LogP contribution in [0.1, 0.15) is 43.1 Å². The predicted octanol–water partition coefficient (Wildman–Crippen LogP) is 2.54. The second kappa shape index (κ2) is 7.22. The van der Waals surface area contributed by atoms with Crippen LogP contribution in [-0.2, 0) is 11.8 Å². The predicted molar refractivity (Wildman–Crippen MR) is 96.4 cm³/mol. The van der Waals surface area contributed by atoms with Gasteiger partial charge in [0, 0.05) is 38.4 Å². The summed E-state index contributed by atoms with van der Waals surface area (Å²) in [7, 11) is 2.03. The van der Waals surface area contributed by atoms with Crippen LogP contribution < -0.4 is 0 Å². The van der Waals surface area contributed by atoms with Crippen LogP contribution in [0, 0.1) is 6.92 Å². The number of rotatable bonds is 3. The SMILES string of the molecule is Cc1ncc(-c2cncc(C3CCN(C4CCOCC4)CC3)n2)n1C. The summed E-state index contributed by atoms with van der Waals surface area (Å²) in [6, 6.07) is 0.713. The van der Waals surface area contributed by atoms with Crippen LogP contribution in [0.5, 0.6) is 0 Å². The molecular weight excluding hydrogens is 314 g/mol. The Bertz CT molecular complexity index is 714. The van der Waals surface area contributed by atoms with Crippen molar-refractivity contribution in [3.8, 4) is 11.4 Å². The molecule has 134 valence electrons. The molecule has 0 amide bonds. The molecular formula is C19H27N5O. The summed E-state index contributed by atoms with van der Waals surface area (Å²) in [6.07, 6.45) is 10.4. The first-order chi connectivity index (χ1) is 12.2. The second-order valence-corrected chi connectivity index (χ2v) is 7.23. The summed E-state index contributed by atoms with van der Waals surface area (Å²) < 4.78 is 7.57. The highest BCUT2D eigenvalue weighted by molar-refractivity contribution is 5.53. The molecule has 0 radical (unpaired) electrons. The molecule has 0 bridgehead atoms. The van der Waals surface area contributed by atoms with Crippen LogP contribution in [-0.4, -0.2) is 56.8 Å². The van der Waals surface area contributed by atoms with Crippen molar-refractivity contribution in [1.82, 2.24) is 24.4 Å². The molecule has 6 nitrogen and oxygen atoms in total. The third kappa shape index (κ3) is 3.46. The minimum atomic E-state index is 0.512. The van der Waals surface area contributed by atoms with Gasteiger partial charge in [0.1, 0.15) is 11.5 Å². The summed E-state index contributed by atoms with van der Waals surface area (Å²) in [4.78, 5) is 16.4. The molecule has 0 aromatic carbocycles. The van der Waals surface area contributed by atoms with Gasteiger partial charge in [0.2, 0.25) is 0 Å². The van der Waals surface area contributed by atoms with Gasteiger partial charge in [0.05, 0.1) is 23.8 Å². The maximum atomic E-state index is 5.50. The lowest BCUT2D eigenvalue weighted by Crippen LogP contribution is -2.43. The zero-order chi connectivity index (χ0) is 17.2. The monoisotopic (exact) mass is 341 g/mol. The van der Waals surface area contributed by atoms with Gasteiger partial charge in [-0.15, -0.1) is 0 Å². The normalized spacial score (nSPS) is 20.9. The molecule has 2 aliphatic heterocycles. The van der Waals surface area contributed by atoms with Crippen LogP contribution in [0.25, 0.3) is 11.4 Å². The Hall–Kier alpha value is -1.79. The van der Waals surface area contributed by atoms with E-state index in [1.54, 1.807) is 0 Å². The van der Waals surface area contributed by atoms with Gasteiger partial charge in [-0.2, -0.15) is 0 Å². The highest BCUT2D eigenvalue weighted by Crippen LogP contribution is 2.30. The molecule has 4 rings (SSSR count). The van der Waals surface area contributed by atoms with Crippen molar-refractivity contribution in [2.75, 3.05) is 26.3 Å². The van der Waals surface area contributed by atoms with Gasteiger partial charge in [-0.25, -0.2) is 9.97 Å². The zero-order valence-electron chi connectivity index (χ0n) is 15.2. The van der Waals surface area contributed by atoms with E-state index < -0.39 is 0 Å². The van der Waals surface area contributed by atoms with Crippen molar-refractivity contribution in [2.24, 2.45) is 7.05 Å². The van der Waals surface area contributed by atoms with Crippen molar-refractivity contribution in [1.29, 1.82) is 0 Å². The Morgan fingerprint density at radius 2 is 1.80 bits per heavy atom. The maximum absolute atomic E-state index is 5.50. The minimum absolute atomic E-state index is 0.512. The number of piperidine rings is 1. The fraction of sp³-hybridized carbons (Fsp3) is 0.632. The van der Waals surface area contributed by atoms with Gasteiger partial charge in [-0.1, -0.05) is 0 Å². The van der Waals surface area contributed by atoms with Crippen molar-refractivity contribution < 1.29 is 4.74 Å². The summed E-state index contributed by atoms with van der Waals surface area (Å²) in [5.74, 6) is 1.50. The topological polar surface area (TPSA) is 56.1 Å². The quantitative estimate of drug-likeness (QED) is 0.859. The summed E-state index contributed by atoms with van der Waals surface area (Å²) >= 11 is 0. The zero-order valence-corrected chi connectivity index (χ0v) is 15.2. The maximum Gasteiger partial charge on any atom is 0.107 e. The molecule has 0 saturated carbocycles. The Balaban J connectivity index is 1.44. The van der Waals surface area contributed by atoms with E-state index in [4.69, 9.17) is 9.72 Å². The Kier molecular flexibility index (Phi) is 4.81. The lowest BCUT2D eigenvalue weighted by molar-refractivity contribution is 0.0250. The molecule has 2 aromatic heterocycles. The Morgan fingerprint density at radius 1 is 1.04 bits per heavy atom. The number of hydrogen-bond donors (Lipinski definition) is 0. The van der Waals surface area contributed by atoms with E-state index in [0.717, 1.165) is 49.2 Å². The van der Waals surface area contributed by atoms with Gasteiger partial charge < -0.3 is 14.2 Å². The molecule has 0 atom stereocenters. The highest BCUT2D eigenvalue weighted by Gasteiger charge is 2.28. The van der Waals surface area contributed by atoms with Gasteiger partial charge in [-0.3, -0.25) is 4.98 Å². The number of ether oxygens (including phenoxy) is 1. The molecule has 0 aliphatic carbocycles. The summed E-state index contributed by atoms with van der Waals surface area (Å²) in [6.45, 7) is 6.16. The van der Waals surface area contributed by atoms with Crippen LogP contribution >= 0.6 is 0 Å². The van der Waals surface area contributed by atoms with Crippen LogP contribution in [0.2, 0.25) is 0 Å². The van der Waals surface area contributed by atoms with E-state index in [0.29, 0.717) is 12.0 Å². The smallest absolute Gasteiger partial charge is 0.107 e. The Labute approximate surface area is 149 Å². The molecule has 2 fully saturated rings. The molecule has 0 unspecified atom stereocenters. The first-order valence-corrected chi connectivity index (χ1v) is 9.35. The lowest BCUT2D eigenvalue weighted by atomic mass is 9.91. The van der Waals surface area contributed by atoms with Gasteiger partial charge >= 0.3 is 0 Å². The van der Waals surface area contributed by atoms with Crippen LogP contribution in [0.3, 0.4) is 0 Å². The lowest BCUT2D eigenvalue weighted by Gasteiger charge is -2.39. The van der Waals surface area contributed by atoms with E-state index in [9.17, 15) is 0 Å².